The minimum Gasteiger partial charge on any atom is -0.384 e. The number of hydrogen-bond acceptors (Lipinski definition) is 6. The normalized spacial score (nSPS) is 13.3. The highest BCUT2D eigenvalue weighted by molar-refractivity contribution is 5.99. The number of nitrogens with two attached hydrogens (primary N) is 1. The molecule has 8 nitrogen and oxygen atoms in total. The second kappa shape index (κ2) is 15.3. The van der Waals surface area contributed by atoms with Crippen LogP contribution in [0.2, 0.25) is 0 Å². The van der Waals surface area contributed by atoms with E-state index in [4.69, 9.17) is 5.73 Å². The summed E-state index contributed by atoms with van der Waals surface area (Å²) in [5.41, 5.74) is 9.86. The molecule has 1 fully saturated rings. The second-order valence-electron chi connectivity index (χ2n) is 11.6. The molecule has 228 valence electrons. The number of nitrogens with one attached hydrogen (secondary N) is 1. The number of benzene rings is 3. The van der Waals surface area contributed by atoms with Gasteiger partial charge in [0.15, 0.2) is 0 Å². The SMILES string of the molecule is N#Cc1ccc2nccc(NCCc3ccc4cc(C(=O)N5CCN(C(=O)CCCCCCCCN)CC5)ccc4c3)c2c1. The fourth-order valence-electron chi connectivity index (χ4n) is 5.92. The number of pyridine rings is 1. The Morgan fingerprint density at radius 2 is 1.57 bits per heavy atom. The number of carbonyl (C=O) groups excluding carboxylic acids is 2. The summed E-state index contributed by atoms with van der Waals surface area (Å²) in [6.45, 7) is 3.83. The van der Waals surface area contributed by atoms with Crippen LogP contribution >= 0.6 is 0 Å². The number of anilines is 1. The standard InChI is InChI=1S/C36H42N6O2/c37-16-6-4-2-1-3-5-7-35(43)41-19-21-42(22-20-41)36(44)31-12-11-29-23-27(8-10-30(29)25-31)14-17-39-34-15-18-40-33-13-9-28(26-38)24-32(33)34/h8-13,15,18,23-25H,1-7,14,16-17,19-22,37H2,(H,39,40). The zero-order chi connectivity index (χ0) is 30.7. The molecule has 5 rings (SSSR count). The Morgan fingerprint density at radius 3 is 2.36 bits per heavy atom. The lowest BCUT2D eigenvalue weighted by Crippen LogP contribution is -2.50. The number of piperazine rings is 1. The van der Waals surface area contributed by atoms with Crippen LogP contribution in [0.1, 0.15) is 66.4 Å². The number of unbranched alkanes of at least 4 members (excludes halogenated alkanes) is 5. The Labute approximate surface area is 259 Å². The molecule has 1 saturated heterocycles. The van der Waals surface area contributed by atoms with Crippen LogP contribution in [0.4, 0.5) is 5.69 Å². The fraction of sp³-hybridized carbons (Fsp3) is 0.389. The van der Waals surface area contributed by atoms with Gasteiger partial charge in [-0.2, -0.15) is 5.26 Å². The first kappa shape index (κ1) is 31.0. The Bertz CT molecular complexity index is 1640. The zero-order valence-electron chi connectivity index (χ0n) is 25.4. The van der Waals surface area contributed by atoms with E-state index in [1.807, 2.05) is 46.2 Å². The third-order valence-corrected chi connectivity index (χ3v) is 8.52. The summed E-state index contributed by atoms with van der Waals surface area (Å²) in [7, 11) is 0. The van der Waals surface area contributed by atoms with Crippen molar-refractivity contribution in [2.75, 3.05) is 44.6 Å². The minimum atomic E-state index is 0.0221. The summed E-state index contributed by atoms with van der Waals surface area (Å²) in [6.07, 6.45) is 9.83. The Morgan fingerprint density at radius 1 is 0.841 bits per heavy atom. The highest BCUT2D eigenvalue weighted by Crippen LogP contribution is 2.24. The molecule has 2 amide bonds. The van der Waals surface area contributed by atoms with Gasteiger partial charge in [0.1, 0.15) is 0 Å². The quantitative estimate of drug-likeness (QED) is 0.188. The van der Waals surface area contributed by atoms with Crippen LogP contribution in [0.3, 0.4) is 0 Å². The summed E-state index contributed by atoms with van der Waals surface area (Å²) >= 11 is 0. The van der Waals surface area contributed by atoms with Crippen molar-refractivity contribution in [1.29, 1.82) is 5.26 Å². The second-order valence-corrected chi connectivity index (χ2v) is 11.6. The van der Waals surface area contributed by atoms with E-state index in [2.05, 4.69) is 34.6 Å². The molecule has 1 aliphatic heterocycles. The van der Waals surface area contributed by atoms with Gasteiger partial charge in [0, 0.05) is 62.0 Å². The van der Waals surface area contributed by atoms with Crippen molar-refractivity contribution in [3.8, 4) is 6.07 Å². The number of fused-ring (bicyclic) bond motifs is 2. The number of amides is 2. The van der Waals surface area contributed by atoms with Gasteiger partial charge in [-0.3, -0.25) is 14.6 Å². The summed E-state index contributed by atoms with van der Waals surface area (Å²) in [4.78, 5) is 34.1. The van der Waals surface area contributed by atoms with E-state index in [-0.39, 0.29) is 11.8 Å². The van der Waals surface area contributed by atoms with Crippen molar-refractivity contribution in [3.63, 3.8) is 0 Å². The molecule has 0 bridgehead atoms. The monoisotopic (exact) mass is 590 g/mol. The first-order chi connectivity index (χ1) is 21.6. The first-order valence-corrected chi connectivity index (χ1v) is 15.9. The van der Waals surface area contributed by atoms with E-state index in [1.54, 1.807) is 12.3 Å². The number of carbonyl (C=O) groups is 2. The number of aromatic nitrogens is 1. The van der Waals surface area contributed by atoms with Gasteiger partial charge >= 0.3 is 0 Å². The summed E-state index contributed by atoms with van der Waals surface area (Å²) in [5, 5.41) is 15.8. The van der Waals surface area contributed by atoms with E-state index < -0.39 is 0 Å². The number of nitriles is 1. The van der Waals surface area contributed by atoms with Crippen molar-refractivity contribution in [2.24, 2.45) is 5.73 Å². The third-order valence-electron chi connectivity index (χ3n) is 8.52. The molecular weight excluding hydrogens is 548 g/mol. The van der Waals surface area contributed by atoms with Gasteiger partial charge in [0.25, 0.3) is 5.91 Å². The lowest BCUT2D eigenvalue weighted by atomic mass is 10.0. The van der Waals surface area contributed by atoms with Crippen LogP contribution in [-0.2, 0) is 11.2 Å². The molecule has 2 heterocycles. The topological polar surface area (TPSA) is 115 Å². The molecule has 1 aliphatic rings. The van der Waals surface area contributed by atoms with E-state index >= 15 is 0 Å². The van der Waals surface area contributed by atoms with Crippen LogP contribution in [0.25, 0.3) is 21.7 Å². The summed E-state index contributed by atoms with van der Waals surface area (Å²) in [5.74, 6) is 0.229. The molecule has 1 aromatic heterocycles. The number of nitrogens with zero attached hydrogens (tertiary/aromatic N) is 4. The molecule has 0 atom stereocenters. The summed E-state index contributed by atoms with van der Waals surface area (Å²) < 4.78 is 0. The molecule has 3 N–H and O–H groups in total. The van der Waals surface area contributed by atoms with E-state index in [9.17, 15) is 14.9 Å². The molecule has 0 aliphatic carbocycles. The van der Waals surface area contributed by atoms with Crippen LogP contribution < -0.4 is 11.1 Å². The molecule has 0 unspecified atom stereocenters. The van der Waals surface area contributed by atoms with Crippen molar-refractivity contribution in [2.45, 2.75) is 51.4 Å². The lowest BCUT2D eigenvalue weighted by Gasteiger charge is -2.35. The van der Waals surface area contributed by atoms with E-state index in [0.29, 0.717) is 43.7 Å². The van der Waals surface area contributed by atoms with Crippen LogP contribution in [0, 0.1) is 11.3 Å². The number of rotatable bonds is 13. The van der Waals surface area contributed by atoms with Crippen molar-refractivity contribution < 1.29 is 9.59 Å². The van der Waals surface area contributed by atoms with Gasteiger partial charge in [-0.05, 0) is 78.5 Å². The highest BCUT2D eigenvalue weighted by Gasteiger charge is 2.24. The molecule has 8 heteroatoms. The zero-order valence-corrected chi connectivity index (χ0v) is 25.4. The van der Waals surface area contributed by atoms with Gasteiger partial charge in [-0.25, -0.2) is 0 Å². The molecule has 0 radical (unpaired) electrons. The predicted molar refractivity (Wildman–Crippen MR) is 176 cm³/mol. The maximum Gasteiger partial charge on any atom is 0.253 e. The van der Waals surface area contributed by atoms with E-state index in [0.717, 1.165) is 72.6 Å². The van der Waals surface area contributed by atoms with Crippen molar-refractivity contribution >= 4 is 39.2 Å². The van der Waals surface area contributed by atoms with Gasteiger partial charge < -0.3 is 20.9 Å². The van der Waals surface area contributed by atoms with Crippen molar-refractivity contribution in [3.05, 3.63) is 83.6 Å². The molecule has 4 aromatic rings. The van der Waals surface area contributed by atoms with Crippen LogP contribution in [0.5, 0.6) is 0 Å². The van der Waals surface area contributed by atoms with Gasteiger partial charge in [0.2, 0.25) is 5.91 Å². The average molecular weight is 591 g/mol. The predicted octanol–water partition coefficient (Wildman–Crippen LogP) is 5.89. The maximum atomic E-state index is 13.3. The number of hydrogen-bond donors (Lipinski definition) is 2. The lowest BCUT2D eigenvalue weighted by molar-refractivity contribution is -0.132. The van der Waals surface area contributed by atoms with Crippen LogP contribution in [0.15, 0.2) is 66.9 Å². The highest BCUT2D eigenvalue weighted by atomic mass is 16.2. The molecule has 3 aromatic carbocycles. The van der Waals surface area contributed by atoms with Gasteiger partial charge in [0.05, 0.1) is 17.1 Å². The first-order valence-electron chi connectivity index (χ1n) is 15.9. The average Bonchev–Trinajstić information content (AvgIpc) is 3.07. The fourth-order valence-corrected chi connectivity index (χ4v) is 5.92. The van der Waals surface area contributed by atoms with Gasteiger partial charge in [-0.1, -0.05) is 49.9 Å². The largest absolute Gasteiger partial charge is 0.384 e. The van der Waals surface area contributed by atoms with Crippen molar-refractivity contribution in [1.82, 2.24) is 14.8 Å². The molecule has 0 saturated carbocycles. The van der Waals surface area contributed by atoms with E-state index in [1.165, 1.54) is 18.4 Å². The molecular formula is C36H42N6O2. The summed E-state index contributed by atoms with van der Waals surface area (Å²) in [6, 6.07) is 21.9. The third kappa shape index (κ3) is 7.91. The molecule has 0 spiro atoms. The Balaban J connectivity index is 1.10. The Kier molecular flexibility index (Phi) is 10.8. The minimum absolute atomic E-state index is 0.0221. The van der Waals surface area contributed by atoms with Gasteiger partial charge in [-0.15, -0.1) is 0 Å². The Hall–Kier alpha value is -4.48. The molecule has 44 heavy (non-hydrogen) atoms. The van der Waals surface area contributed by atoms with Crippen LogP contribution in [-0.4, -0.2) is 65.9 Å². The maximum absolute atomic E-state index is 13.3. The smallest absolute Gasteiger partial charge is 0.253 e.